The lowest BCUT2D eigenvalue weighted by Crippen LogP contribution is -2.59. The van der Waals surface area contributed by atoms with E-state index >= 15 is 0 Å². The van der Waals surface area contributed by atoms with Gasteiger partial charge in [-0.2, -0.15) is 5.26 Å². The molecule has 0 unspecified atom stereocenters. The van der Waals surface area contributed by atoms with Gasteiger partial charge in [0.05, 0.1) is 17.8 Å². The number of nitriles is 1. The lowest BCUT2D eigenvalue weighted by molar-refractivity contribution is -0.216. The molecule has 2 atom stereocenters. The summed E-state index contributed by atoms with van der Waals surface area (Å²) in [5.74, 6) is 0.599. The van der Waals surface area contributed by atoms with Gasteiger partial charge in [0.2, 0.25) is 0 Å². The van der Waals surface area contributed by atoms with Crippen molar-refractivity contribution >= 4 is 5.82 Å². The van der Waals surface area contributed by atoms with Gasteiger partial charge in [-0.15, -0.1) is 0 Å². The molecule has 0 radical (unpaired) electrons. The van der Waals surface area contributed by atoms with Crippen molar-refractivity contribution in [3.05, 3.63) is 18.1 Å². The number of nitrogens with zero attached hydrogens (tertiary/aromatic N) is 4. The van der Waals surface area contributed by atoms with Crippen LogP contribution in [0.4, 0.5) is 5.82 Å². The summed E-state index contributed by atoms with van der Waals surface area (Å²) in [5.41, 5.74) is -1.20. The van der Waals surface area contributed by atoms with E-state index in [-0.39, 0.29) is 6.61 Å². The fourth-order valence-corrected chi connectivity index (χ4v) is 3.34. The van der Waals surface area contributed by atoms with Crippen molar-refractivity contribution in [2.24, 2.45) is 0 Å². The number of aliphatic hydroxyl groups is 2. The van der Waals surface area contributed by atoms with Crippen LogP contribution in [0, 0.1) is 11.3 Å². The third-order valence-electron chi connectivity index (χ3n) is 4.70. The third-order valence-corrected chi connectivity index (χ3v) is 4.70. The van der Waals surface area contributed by atoms with E-state index in [0.717, 1.165) is 12.8 Å². The summed E-state index contributed by atoms with van der Waals surface area (Å²) in [6.07, 6.45) is 4.10. The van der Waals surface area contributed by atoms with E-state index in [1.165, 1.54) is 6.20 Å². The van der Waals surface area contributed by atoms with Crippen LogP contribution in [0.3, 0.4) is 0 Å². The Morgan fingerprint density at radius 2 is 2.05 bits per heavy atom. The Morgan fingerprint density at radius 1 is 1.36 bits per heavy atom. The molecule has 7 nitrogen and oxygen atoms in total. The molecule has 2 aliphatic heterocycles. The van der Waals surface area contributed by atoms with E-state index in [1.54, 1.807) is 13.1 Å². The van der Waals surface area contributed by atoms with E-state index in [0.29, 0.717) is 31.0 Å². The summed E-state index contributed by atoms with van der Waals surface area (Å²) in [6.45, 7) is 3.17. The van der Waals surface area contributed by atoms with Gasteiger partial charge in [0.25, 0.3) is 0 Å². The van der Waals surface area contributed by atoms with Crippen LogP contribution in [0.15, 0.2) is 12.4 Å². The molecular weight excluding hydrogens is 284 g/mol. The van der Waals surface area contributed by atoms with E-state index in [2.05, 4.69) is 16.0 Å². The van der Waals surface area contributed by atoms with Crippen molar-refractivity contribution in [1.82, 2.24) is 9.97 Å². The minimum atomic E-state index is -1.12. The summed E-state index contributed by atoms with van der Waals surface area (Å²) in [6, 6.07) is 2.06. The van der Waals surface area contributed by atoms with Gasteiger partial charge >= 0.3 is 0 Å². The molecule has 1 spiro atoms. The number of aromatic nitrogens is 2. The van der Waals surface area contributed by atoms with Crippen LogP contribution in [0.2, 0.25) is 0 Å². The molecule has 0 amide bonds. The molecule has 22 heavy (non-hydrogen) atoms. The molecule has 7 heteroatoms. The summed E-state index contributed by atoms with van der Waals surface area (Å²) < 4.78 is 5.86. The van der Waals surface area contributed by atoms with E-state index < -0.39 is 17.3 Å². The smallest absolute Gasteiger partial charge is 0.183 e. The van der Waals surface area contributed by atoms with Gasteiger partial charge in [-0.25, -0.2) is 9.97 Å². The maximum Gasteiger partial charge on any atom is 0.183 e. The number of rotatable bonds is 1. The second-order valence-corrected chi connectivity index (χ2v) is 6.37. The quantitative estimate of drug-likeness (QED) is 0.765. The van der Waals surface area contributed by atoms with E-state index in [1.807, 2.05) is 4.90 Å². The molecule has 0 bridgehead atoms. The van der Waals surface area contributed by atoms with Gasteiger partial charge in [0, 0.05) is 31.9 Å². The average Bonchev–Trinajstić information content (AvgIpc) is 2.52. The first-order valence-corrected chi connectivity index (χ1v) is 7.46. The molecular formula is C15H20N4O3. The van der Waals surface area contributed by atoms with Crippen molar-refractivity contribution in [3.8, 4) is 6.07 Å². The highest BCUT2D eigenvalue weighted by atomic mass is 16.5. The van der Waals surface area contributed by atoms with E-state index in [4.69, 9.17) is 10.00 Å². The standard InChI is InChI=1S/C15H20N4O3/c1-14(21)10-15(22-9-12(14)20)2-6-19(7-3-15)13-11(8-16)17-4-5-18-13/h4-5,12,20-21H,2-3,6-7,9-10H2,1H3/t12-,14-/m0/s1. The maximum absolute atomic E-state index is 10.3. The first-order valence-electron chi connectivity index (χ1n) is 7.46. The van der Waals surface area contributed by atoms with Gasteiger partial charge in [0.15, 0.2) is 11.5 Å². The molecule has 118 valence electrons. The zero-order chi connectivity index (χ0) is 15.8. The normalized spacial score (nSPS) is 31.0. The van der Waals surface area contributed by atoms with Crippen LogP contribution in [-0.2, 0) is 4.74 Å². The zero-order valence-electron chi connectivity index (χ0n) is 12.6. The van der Waals surface area contributed by atoms with Gasteiger partial charge in [-0.3, -0.25) is 0 Å². The molecule has 3 rings (SSSR count). The predicted molar refractivity (Wildman–Crippen MR) is 78.1 cm³/mol. The lowest BCUT2D eigenvalue weighted by Gasteiger charge is -2.50. The Balaban J connectivity index is 1.72. The fraction of sp³-hybridized carbons (Fsp3) is 0.667. The number of anilines is 1. The highest BCUT2D eigenvalue weighted by Crippen LogP contribution is 2.40. The number of ether oxygens (including phenoxy) is 1. The highest BCUT2D eigenvalue weighted by Gasteiger charge is 2.48. The molecule has 0 aromatic carbocycles. The second-order valence-electron chi connectivity index (χ2n) is 6.37. The largest absolute Gasteiger partial charge is 0.388 e. The fourth-order valence-electron chi connectivity index (χ4n) is 3.34. The van der Waals surface area contributed by atoms with Crippen molar-refractivity contribution in [3.63, 3.8) is 0 Å². The van der Waals surface area contributed by atoms with Crippen LogP contribution in [0.25, 0.3) is 0 Å². The van der Waals surface area contributed by atoms with Crippen molar-refractivity contribution in [2.45, 2.75) is 43.5 Å². The van der Waals surface area contributed by atoms with Gasteiger partial charge in [-0.1, -0.05) is 0 Å². The molecule has 3 heterocycles. The summed E-state index contributed by atoms with van der Waals surface area (Å²) in [5, 5.41) is 29.3. The first kappa shape index (κ1) is 15.2. The molecule has 2 fully saturated rings. The summed E-state index contributed by atoms with van der Waals surface area (Å²) in [7, 11) is 0. The monoisotopic (exact) mass is 304 g/mol. The molecule has 2 aliphatic rings. The number of hydrogen-bond donors (Lipinski definition) is 2. The van der Waals surface area contributed by atoms with Crippen molar-refractivity contribution in [1.29, 1.82) is 5.26 Å². The maximum atomic E-state index is 10.3. The van der Waals surface area contributed by atoms with Crippen LogP contribution < -0.4 is 4.90 Å². The second kappa shape index (κ2) is 5.47. The Hall–Kier alpha value is -1.75. The number of piperidine rings is 1. The van der Waals surface area contributed by atoms with E-state index in [9.17, 15) is 10.2 Å². The molecule has 1 aromatic heterocycles. The molecule has 0 aliphatic carbocycles. The SMILES string of the molecule is C[C@]1(O)CC2(CCN(c3nccnc3C#N)CC2)OC[C@@H]1O. The van der Waals surface area contributed by atoms with Crippen LogP contribution >= 0.6 is 0 Å². The van der Waals surface area contributed by atoms with Gasteiger partial charge < -0.3 is 19.8 Å². The van der Waals surface area contributed by atoms with Crippen molar-refractivity contribution in [2.75, 3.05) is 24.6 Å². The lowest BCUT2D eigenvalue weighted by atomic mass is 9.76. The predicted octanol–water partition coefficient (Wildman–Crippen LogP) is 0.219. The Morgan fingerprint density at radius 3 is 2.68 bits per heavy atom. The molecule has 1 aromatic rings. The Bertz CT molecular complexity index is 591. The van der Waals surface area contributed by atoms with Gasteiger partial charge in [0.1, 0.15) is 12.2 Å². The van der Waals surface area contributed by atoms with Gasteiger partial charge in [-0.05, 0) is 19.8 Å². The van der Waals surface area contributed by atoms with Crippen molar-refractivity contribution < 1.29 is 14.9 Å². The highest BCUT2D eigenvalue weighted by molar-refractivity contribution is 5.49. The minimum absolute atomic E-state index is 0.154. The number of aliphatic hydroxyl groups excluding tert-OH is 1. The third kappa shape index (κ3) is 2.65. The minimum Gasteiger partial charge on any atom is -0.388 e. The molecule has 0 saturated carbocycles. The first-order chi connectivity index (χ1) is 10.5. The summed E-state index contributed by atoms with van der Waals surface area (Å²) in [4.78, 5) is 10.3. The summed E-state index contributed by atoms with van der Waals surface area (Å²) >= 11 is 0. The zero-order valence-corrected chi connectivity index (χ0v) is 12.6. The van der Waals surface area contributed by atoms with Crippen LogP contribution in [0.1, 0.15) is 31.9 Å². The number of hydrogen-bond acceptors (Lipinski definition) is 7. The topological polar surface area (TPSA) is 102 Å². The average molecular weight is 304 g/mol. The Kier molecular flexibility index (Phi) is 3.77. The Labute approximate surface area is 129 Å². The van der Waals surface area contributed by atoms with Crippen LogP contribution in [0.5, 0.6) is 0 Å². The molecule has 2 saturated heterocycles. The molecule has 2 N–H and O–H groups in total. The van der Waals surface area contributed by atoms with Crippen LogP contribution in [-0.4, -0.2) is 57.2 Å².